The first-order valence-corrected chi connectivity index (χ1v) is 16.8. The molecule has 3 N–H and O–H groups in total. The van der Waals surface area contributed by atoms with Crippen molar-refractivity contribution in [2.45, 2.75) is 121 Å². The number of amides is 1. The number of rotatable bonds is 4. The number of nitrogens with zero attached hydrogens (tertiary/aromatic N) is 1. The van der Waals surface area contributed by atoms with Crippen molar-refractivity contribution in [2.75, 3.05) is 13.2 Å². The zero-order valence-electron chi connectivity index (χ0n) is 24.0. The highest BCUT2D eigenvalue weighted by molar-refractivity contribution is 7.90. The summed E-state index contributed by atoms with van der Waals surface area (Å²) < 4.78 is 36.8. The number of nitrogens with one attached hydrogen (secondary N) is 3. The van der Waals surface area contributed by atoms with Gasteiger partial charge >= 0.3 is 0 Å². The zero-order chi connectivity index (χ0) is 27.6. The van der Waals surface area contributed by atoms with Crippen LogP contribution in [0.1, 0.15) is 100 Å². The number of fused-ring (bicyclic) bond motifs is 4. The third-order valence-electron chi connectivity index (χ3n) is 9.62. The second kappa shape index (κ2) is 12.6. The average molecular weight is 561 g/mol. The molecule has 5 unspecified atom stereocenters. The Hall–Kier alpha value is -1.52. The van der Waals surface area contributed by atoms with E-state index in [-0.39, 0.29) is 30.1 Å². The van der Waals surface area contributed by atoms with Crippen molar-refractivity contribution < 1.29 is 17.9 Å². The summed E-state index contributed by atoms with van der Waals surface area (Å²) in [5.74, 6) is 0.408. The Labute approximate surface area is 235 Å². The van der Waals surface area contributed by atoms with Crippen molar-refractivity contribution in [2.24, 2.45) is 11.8 Å². The lowest BCUT2D eigenvalue weighted by molar-refractivity contribution is -0.143. The number of aryl methyl sites for hydroxylation is 2. The van der Waals surface area contributed by atoms with Crippen LogP contribution < -0.4 is 15.4 Å². The number of benzene rings is 1. The normalized spacial score (nSPS) is 34.5. The molecule has 4 fully saturated rings. The highest BCUT2D eigenvalue weighted by Crippen LogP contribution is 2.34. The van der Waals surface area contributed by atoms with Crippen LogP contribution in [0.3, 0.4) is 0 Å². The third-order valence-corrected chi connectivity index (χ3v) is 11.5. The van der Waals surface area contributed by atoms with Gasteiger partial charge in [-0.1, -0.05) is 50.8 Å². The van der Waals surface area contributed by atoms with E-state index >= 15 is 0 Å². The Morgan fingerprint density at radius 2 is 1.72 bits per heavy atom. The lowest BCUT2D eigenvalue weighted by atomic mass is 9.85. The van der Waals surface area contributed by atoms with Gasteiger partial charge in [-0.2, -0.15) is 4.72 Å². The number of hydrogen-bond donors (Lipinski definition) is 3. The standard InChI is InChI=1S/C30H48N4O4S/c1-4-24-19-38-27-17-26(28-20(2)10-8-11-21(28)3)31-30(32-27)33-39(36,37)25-15-9-14-23(16-25)29(35)34(24)18-22-12-6-5-7-13-22/h8,10-11,22-27,30-33H,4-7,9,12-19H2,1-3H3/t23?,24-,25?,26?,27?,30?/m1/s1. The fourth-order valence-electron chi connectivity index (χ4n) is 7.42. The van der Waals surface area contributed by atoms with Crippen LogP contribution in [-0.4, -0.2) is 56.2 Å². The Morgan fingerprint density at radius 1 is 0.974 bits per heavy atom. The van der Waals surface area contributed by atoms with Crippen molar-refractivity contribution >= 4 is 15.9 Å². The van der Waals surface area contributed by atoms with E-state index < -0.39 is 21.6 Å². The summed E-state index contributed by atoms with van der Waals surface area (Å²) in [7, 11) is -3.66. The van der Waals surface area contributed by atoms with Crippen LogP contribution >= 0.6 is 0 Å². The van der Waals surface area contributed by atoms with E-state index in [2.05, 4.69) is 59.2 Å². The lowest BCUT2D eigenvalue weighted by Gasteiger charge is -2.40. The molecule has 2 saturated carbocycles. The predicted octanol–water partition coefficient (Wildman–Crippen LogP) is 4.23. The van der Waals surface area contributed by atoms with Gasteiger partial charge in [0.1, 0.15) is 12.5 Å². The summed E-state index contributed by atoms with van der Waals surface area (Å²) in [6.45, 7) is 7.56. The minimum Gasteiger partial charge on any atom is -0.361 e. The molecule has 2 heterocycles. The minimum absolute atomic E-state index is 0.0149. The second-order valence-corrected chi connectivity index (χ2v) is 14.4. The minimum atomic E-state index is -3.66. The average Bonchev–Trinajstić information content (AvgIpc) is 2.92. The zero-order valence-corrected chi connectivity index (χ0v) is 24.8. The van der Waals surface area contributed by atoms with Crippen molar-refractivity contribution in [1.82, 2.24) is 20.3 Å². The van der Waals surface area contributed by atoms with E-state index in [1.807, 2.05) is 0 Å². The van der Waals surface area contributed by atoms with Gasteiger partial charge in [-0.3, -0.25) is 15.4 Å². The van der Waals surface area contributed by atoms with Gasteiger partial charge in [0.15, 0.2) is 0 Å². The summed E-state index contributed by atoms with van der Waals surface area (Å²) in [5.41, 5.74) is 3.55. The van der Waals surface area contributed by atoms with Gasteiger partial charge in [0.05, 0.1) is 17.9 Å². The molecule has 2 aliphatic heterocycles. The number of carbonyl (C=O) groups excluding carboxylic acids is 1. The molecule has 0 radical (unpaired) electrons. The molecule has 4 aliphatic rings. The smallest absolute Gasteiger partial charge is 0.226 e. The molecule has 9 heteroatoms. The fourth-order valence-corrected chi connectivity index (χ4v) is 9.04. The molecule has 0 spiro atoms. The molecule has 1 aromatic carbocycles. The van der Waals surface area contributed by atoms with Crippen LogP contribution in [0.2, 0.25) is 0 Å². The van der Waals surface area contributed by atoms with E-state index in [1.54, 1.807) is 0 Å². The molecule has 0 aromatic heterocycles. The quantitative estimate of drug-likeness (QED) is 0.510. The van der Waals surface area contributed by atoms with Crippen molar-refractivity contribution in [3.63, 3.8) is 0 Å². The summed E-state index contributed by atoms with van der Waals surface area (Å²) in [6.07, 6.45) is 9.08. The van der Waals surface area contributed by atoms with Gasteiger partial charge in [-0.05, 0) is 75.0 Å². The van der Waals surface area contributed by atoms with Crippen LogP contribution in [0, 0.1) is 25.7 Å². The van der Waals surface area contributed by atoms with E-state index in [4.69, 9.17) is 4.74 Å². The van der Waals surface area contributed by atoms with Gasteiger partial charge in [-0.25, -0.2) is 8.42 Å². The highest BCUT2D eigenvalue weighted by atomic mass is 32.2. The third kappa shape index (κ3) is 6.70. The molecule has 2 aliphatic carbocycles. The molecule has 4 bridgehead atoms. The molecule has 1 amide bonds. The maximum Gasteiger partial charge on any atom is 0.226 e. The number of carbonyl (C=O) groups is 1. The van der Waals surface area contributed by atoms with Crippen molar-refractivity contribution in [1.29, 1.82) is 0 Å². The monoisotopic (exact) mass is 560 g/mol. The Morgan fingerprint density at radius 3 is 2.44 bits per heavy atom. The van der Waals surface area contributed by atoms with Gasteiger partial charge in [0.25, 0.3) is 0 Å². The van der Waals surface area contributed by atoms with Crippen LogP contribution in [0.4, 0.5) is 0 Å². The highest BCUT2D eigenvalue weighted by Gasteiger charge is 2.41. The molecule has 5 rings (SSSR count). The van der Waals surface area contributed by atoms with E-state index in [0.717, 1.165) is 25.8 Å². The summed E-state index contributed by atoms with van der Waals surface area (Å²) in [4.78, 5) is 16.2. The molecule has 6 atom stereocenters. The topological polar surface area (TPSA) is 99.8 Å². The van der Waals surface area contributed by atoms with Crippen LogP contribution in [0.15, 0.2) is 18.2 Å². The van der Waals surface area contributed by atoms with Crippen molar-refractivity contribution in [3.05, 3.63) is 34.9 Å². The Balaban J connectivity index is 1.46. The summed E-state index contributed by atoms with van der Waals surface area (Å²) in [6, 6.07) is 6.19. The SMILES string of the molecule is CC[C@@H]1COC2CC(c3c(C)cccc3C)NC(N2)NS(=O)(=O)C2CCCC(C2)C(=O)N1CC1CCCCC1. The Kier molecular flexibility index (Phi) is 9.33. The molecule has 1 aromatic rings. The van der Waals surface area contributed by atoms with Gasteiger partial charge in [0, 0.05) is 24.9 Å². The molecular formula is C30H48N4O4S. The molecule has 8 nitrogen and oxygen atoms in total. The second-order valence-electron chi connectivity index (χ2n) is 12.4. The van der Waals surface area contributed by atoms with Crippen molar-refractivity contribution in [3.8, 4) is 0 Å². The molecular weight excluding hydrogens is 512 g/mol. The largest absolute Gasteiger partial charge is 0.361 e. The Bertz CT molecular complexity index is 1090. The number of ether oxygens (including phenoxy) is 1. The first-order valence-electron chi connectivity index (χ1n) is 15.3. The number of hydrogen-bond acceptors (Lipinski definition) is 6. The van der Waals surface area contributed by atoms with Gasteiger partial charge < -0.3 is 9.64 Å². The van der Waals surface area contributed by atoms with Gasteiger partial charge in [0.2, 0.25) is 15.9 Å². The summed E-state index contributed by atoms with van der Waals surface area (Å²) in [5, 5.41) is 6.33. The first kappa shape index (κ1) is 29.0. The fraction of sp³-hybridized carbons (Fsp3) is 0.767. The van der Waals surface area contributed by atoms with Crippen LogP contribution in [-0.2, 0) is 19.6 Å². The molecule has 218 valence electrons. The van der Waals surface area contributed by atoms with E-state index in [0.29, 0.717) is 31.8 Å². The number of sulfonamides is 1. The van der Waals surface area contributed by atoms with E-state index in [9.17, 15) is 13.2 Å². The molecule has 2 saturated heterocycles. The van der Waals surface area contributed by atoms with Crippen LogP contribution in [0.25, 0.3) is 0 Å². The molecule has 39 heavy (non-hydrogen) atoms. The predicted molar refractivity (Wildman–Crippen MR) is 153 cm³/mol. The first-order chi connectivity index (χ1) is 18.7. The van der Waals surface area contributed by atoms with Gasteiger partial charge in [-0.15, -0.1) is 0 Å². The maximum atomic E-state index is 14.1. The van der Waals surface area contributed by atoms with E-state index in [1.165, 1.54) is 48.8 Å². The maximum absolute atomic E-state index is 14.1. The van der Waals surface area contributed by atoms with Crippen LogP contribution in [0.5, 0.6) is 0 Å². The lowest BCUT2D eigenvalue weighted by Crippen LogP contribution is -2.64. The summed E-state index contributed by atoms with van der Waals surface area (Å²) >= 11 is 0.